The maximum absolute atomic E-state index is 10.9. The van der Waals surface area contributed by atoms with E-state index in [1.54, 1.807) is 7.05 Å². The zero-order chi connectivity index (χ0) is 8.43. The first-order valence-corrected chi connectivity index (χ1v) is 3.57. The Kier molecular flexibility index (Phi) is 2.34. The Bertz CT molecular complexity index is 192. The molecule has 1 rings (SSSR count). The van der Waals surface area contributed by atoms with Gasteiger partial charge in [0.25, 0.3) is 0 Å². The average molecular weight is 178 g/mol. The summed E-state index contributed by atoms with van der Waals surface area (Å²) >= 11 is 4.96. The predicted octanol–water partition coefficient (Wildman–Crippen LogP) is 0.593. The van der Waals surface area contributed by atoms with Gasteiger partial charge in [-0.25, -0.2) is 4.79 Å². The van der Waals surface area contributed by atoms with Crippen LogP contribution >= 0.6 is 11.6 Å². The highest BCUT2D eigenvalue weighted by Gasteiger charge is 2.29. The van der Waals surface area contributed by atoms with Gasteiger partial charge in [-0.2, -0.15) is 0 Å². The van der Waals surface area contributed by atoms with Gasteiger partial charge in [-0.1, -0.05) is 0 Å². The normalized spacial score (nSPS) is 24.0. The number of hydrogen-bond acceptors (Lipinski definition) is 3. The summed E-state index contributed by atoms with van der Waals surface area (Å²) in [4.78, 5) is 22.6. The molecule has 0 saturated carbocycles. The van der Waals surface area contributed by atoms with Crippen molar-refractivity contribution < 1.29 is 14.3 Å². The Hall–Kier alpha value is -0.770. The molecule has 1 aliphatic rings. The molecule has 0 N–H and O–H groups in total. The SMILES string of the molecule is CN1CC(OC(=O)Cl)CC1=O. The van der Waals surface area contributed by atoms with E-state index in [-0.39, 0.29) is 18.4 Å². The van der Waals surface area contributed by atoms with E-state index in [9.17, 15) is 9.59 Å². The van der Waals surface area contributed by atoms with Crippen molar-refractivity contribution in [3.8, 4) is 0 Å². The quantitative estimate of drug-likeness (QED) is 0.551. The van der Waals surface area contributed by atoms with Crippen molar-refractivity contribution in [3.05, 3.63) is 0 Å². The summed E-state index contributed by atoms with van der Waals surface area (Å²) in [6, 6.07) is 0. The minimum Gasteiger partial charge on any atom is -0.448 e. The van der Waals surface area contributed by atoms with Crippen LogP contribution in [0.2, 0.25) is 0 Å². The lowest BCUT2D eigenvalue weighted by atomic mass is 10.3. The van der Waals surface area contributed by atoms with Crippen LogP contribution in [0.5, 0.6) is 0 Å². The minimum absolute atomic E-state index is 0.0204. The van der Waals surface area contributed by atoms with E-state index in [0.29, 0.717) is 6.54 Å². The van der Waals surface area contributed by atoms with Crippen molar-refractivity contribution in [3.63, 3.8) is 0 Å². The Labute approximate surface area is 69.1 Å². The number of likely N-dealkylation sites (tertiary alicyclic amines) is 1. The number of likely N-dealkylation sites (N-methyl/N-ethyl adjacent to an activating group) is 1. The number of nitrogens with zero attached hydrogens (tertiary/aromatic N) is 1. The molecule has 1 aliphatic heterocycles. The fourth-order valence-corrected chi connectivity index (χ4v) is 1.16. The Morgan fingerprint density at radius 1 is 1.82 bits per heavy atom. The van der Waals surface area contributed by atoms with Crippen LogP contribution in [0, 0.1) is 0 Å². The standard InChI is InChI=1S/C6H8ClNO3/c1-8-3-4(2-5(8)9)11-6(7)10/h4H,2-3H2,1H3. The first-order valence-electron chi connectivity index (χ1n) is 3.19. The number of hydrogen-bond donors (Lipinski definition) is 0. The van der Waals surface area contributed by atoms with Gasteiger partial charge >= 0.3 is 5.43 Å². The van der Waals surface area contributed by atoms with Crippen molar-refractivity contribution in [2.24, 2.45) is 0 Å². The maximum Gasteiger partial charge on any atom is 0.404 e. The number of halogens is 1. The fourth-order valence-electron chi connectivity index (χ4n) is 1.03. The van der Waals surface area contributed by atoms with Crippen LogP contribution in [-0.2, 0) is 9.53 Å². The van der Waals surface area contributed by atoms with Crippen LogP contribution in [0.25, 0.3) is 0 Å². The molecule has 1 fully saturated rings. The molecule has 0 aromatic heterocycles. The number of carbonyl (C=O) groups is 2. The van der Waals surface area contributed by atoms with Gasteiger partial charge in [0.2, 0.25) is 5.91 Å². The molecular formula is C6H8ClNO3. The maximum atomic E-state index is 10.9. The van der Waals surface area contributed by atoms with Crippen molar-refractivity contribution in [2.75, 3.05) is 13.6 Å². The Morgan fingerprint density at radius 3 is 2.82 bits per heavy atom. The van der Waals surface area contributed by atoms with Gasteiger partial charge in [-0.15, -0.1) is 0 Å². The van der Waals surface area contributed by atoms with Gasteiger partial charge in [-0.3, -0.25) is 4.79 Å². The second-order valence-corrected chi connectivity index (χ2v) is 2.76. The molecule has 1 amide bonds. The molecule has 0 aromatic rings. The summed E-state index contributed by atoms with van der Waals surface area (Å²) in [7, 11) is 1.66. The predicted molar refractivity (Wildman–Crippen MR) is 38.4 cm³/mol. The summed E-state index contributed by atoms with van der Waals surface area (Å²) in [5.41, 5.74) is -0.849. The molecule has 0 bridgehead atoms. The molecule has 0 aromatic carbocycles. The van der Waals surface area contributed by atoms with E-state index in [1.165, 1.54) is 4.90 Å². The van der Waals surface area contributed by atoms with Gasteiger partial charge in [0.05, 0.1) is 13.0 Å². The van der Waals surface area contributed by atoms with Crippen LogP contribution in [0.4, 0.5) is 4.79 Å². The van der Waals surface area contributed by atoms with Crippen molar-refractivity contribution in [1.29, 1.82) is 0 Å². The Morgan fingerprint density at radius 2 is 2.45 bits per heavy atom. The van der Waals surface area contributed by atoms with Crippen molar-refractivity contribution >= 4 is 22.9 Å². The molecule has 1 atom stereocenters. The first-order chi connectivity index (χ1) is 5.09. The molecule has 0 aliphatic carbocycles. The van der Waals surface area contributed by atoms with E-state index in [4.69, 9.17) is 11.6 Å². The molecule has 5 heteroatoms. The monoisotopic (exact) mass is 177 g/mol. The van der Waals surface area contributed by atoms with E-state index < -0.39 is 5.43 Å². The molecule has 4 nitrogen and oxygen atoms in total. The molecular weight excluding hydrogens is 170 g/mol. The number of carbonyl (C=O) groups excluding carboxylic acids is 2. The van der Waals surface area contributed by atoms with Crippen molar-refractivity contribution in [2.45, 2.75) is 12.5 Å². The van der Waals surface area contributed by atoms with Crippen LogP contribution < -0.4 is 0 Å². The summed E-state index contributed by atoms with van der Waals surface area (Å²) in [5, 5.41) is 0. The summed E-state index contributed by atoms with van der Waals surface area (Å²) < 4.78 is 4.62. The van der Waals surface area contributed by atoms with E-state index in [0.717, 1.165) is 0 Å². The van der Waals surface area contributed by atoms with E-state index in [1.807, 2.05) is 0 Å². The summed E-state index contributed by atoms with van der Waals surface area (Å²) in [6.45, 7) is 0.442. The van der Waals surface area contributed by atoms with E-state index >= 15 is 0 Å². The number of amides is 1. The van der Waals surface area contributed by atoms with Crippen LogP contribution in [0.1, 0.15) is 6.42 Å². The highest BCUT2D eigenvalue weighted by molar-refractivity contribution is 6.61. The van der Waals surface area contributed by atoms with E-state index in [2.05, 4.69) is 4.74 Å². The Balaban J connectivity index is 2.41. The third-order valence-corrected chi connectivity index (χ3v) is 1.65. The zero-order valence-electron chi connectivity index (χ0n) is 6.04. The summed E-state index contributed by atoms with van der Waals surface area (Å²) in [6.07, 6.45) is -0.118. The molecule has 0 spiro atoms. The van der Waals surface area contributed by atoms with Gasteiger partial charge < -0.3 is 9.64 Å². The van der Waals surface area contributed by atoms with Crippen LogP contribution in [0.3, 0.4) is 0 Å². The van der Waals surface area contributed by atoms with Crippen molar-refractivity contribution in [1.82, 2.24) is 4.90 Å². The fraction of sp³-hybridized carbons (Fsp3) is 0.667. The smallest absolute Gasteiger partial charge is 0.404 e. The number of rotatable bonds is 1. The number of ether oxygens (including phenoxy) is 1. The van der Waals surface area contributed by atoms with Crippen LogP contribution in [-0.4, -0.2) is 35.9 Å². The lowest BCUT2D eigenvalue weighted by Crippen LogP contribution is -2.21. The highest BCUT2D eigenvalue weighted by atomic mass is 35.5. The molecule has 62 valence electrons. The molecule has 0 radical (unpaired) electrons. The first kappa shape index (κ1) is 8.33. The largest absolute Gasteiger partial charge is 0.448 e. The molecule has 1 heterocycles. The highest BCUT2D eigenvalue weighted by Crippen LogP contribution is 2.12. The summed E-state index contributed by atoms with van der Waals surface area (Å²) in [5.74, 6) is -0.0204. The van der Waals surface area contributed by atoms with Gasteiger partial charge in [0, 0.05) is 18.6 Å². The second-order valence-electron chi connectivity index (χ2n) is 2.46. The minimum atomic E-state index is -0.849. The third-order valence-electron chi connectivity index (χ3n) is 1.56. The molecule has 1 saturated heterocycles. The van der Waals surface area contributed by atoms with Gasteiger partial charge in [0.15, 0.2) is 0 Å². The van der Waals surface area contributed by atoms with Gasteiger partial charge in [-0.05, 0) is 0 Å². The molecule has 1 unspecified atom stereocenters. The zero-order valence-corrected chi connectivity index (χ0v) is 6.80. The average Bonchev–Trinajstić information content (AvgIpc) is 2.10. The lowest BCUT2D eigenvalue weighted by molar-refractivity contribution is -0.126. The van der Waals surface area contributed by atoms with Gasteiger partial charge in [0.1, 0.15) is 6.10 Å². The molecule has 11 heavy (non-hydrogen) atoms. The second kappa shape index (κ2) is 3.09. The van der Waals surface area contributed by atoms with Crippen LogP contribution in [0.15, 0.2) is 0 Å². The lowest BCUT2D eigenvalue weighted by Gasteiger charge is -2.08. The topological polar surface area (TPSA) is 46.6 Å². The third kappa shape index (κ3) is 2.08.